The molecular weight excluding hydrogens is 524 g/mol. The molecule has 0 radical (unpaired) electrons. The van der Waals surface area contributed by atoms with E-state index in [1.54, 1.807) is 7.05 Å². The number of carbonyl (C=O) groups is 2. The number of hydrogen-bond acceptors (Lipinski definition) is 6. The summed E-state index contributed by atoms with van der Waals surface area (Å²) >= 11 is 6.09. The number of likely N-dealkylation sites (tertiary alicyclic amines) is 2. The lowest BCUT2D eigenvalue weighted by Gasteiger charge is -2.41. The standard InChI is InChI=1S/C31H43ClN6O2/c1-21-28(31(40)38-16-12-27(13-17-38)37-14-10-24(11-15-37)30(39)33-2)35-20-36-29(21)34-19-22-4-3-5-25(18-22)23-6-8-26(32)9-7-23/h6-9,20,22,24-25,27H,3-5,10-19H2,1-2H3,(H,33,39)(H,34,35,36). The van der Waals surface area contributed by atoms with Gasteiger partial charge in [-0.2, -0.15) is 0 Å². The third-order valence-corrected chi connectivity index (χ3v) is 9.64. The molecule has 5 rings (SSSR count). The number of benzene rings is 1. The van der Waals surface area contributed by atoms with Gasteiger partial charge in [0.15, 0.2) is 0 Å². The largest absolute Gasteiger partial charge is 0.369 e. The average Bonchev–Trinajstić information content (AvgIpc) is 3.00. The zero-order chi connectivity index (χ0) is 28.1. The van der Waals surface area contributed by atoms with Gasteiger partial charge in [-0.25, -0.2) is 9.97 Å². The van der Waals surface area contributed by atoms with Crippen molar-refractivity contribution in [2.24, 2.45) is 11.8 Å². The van der Waals surface area contributed by atoms with E-state index in [-0.39, 0.29) is 17.7 Å². The first-order valence-electron chi connectivity index (χ1n) is 15.0. The van der Waals surface area contributed by atoms with Gasteiger partial charge in [-0.05, 0) is 94.5 Å². The smallest absolute Gasteiger partial charge is 0.272 e. The Bertz CT molecular complexity index is 1160. The maximum Gasteiger partial charge on any atom is 0.272 e. The minimum absolute atomic E-state index is 0.000180. The van der Waals surface area contributed by atoms with E-state index in [0.717, 1.165) is 81.2 Å². The van der Waals surface area contributed by atoms with Crippen LogP contribution in [0.5, 0.6) is 0 Å². The Morgan fingerprint density at radius 1 is 0.975 bits per heavy atom. The van der Waals surface area contributed by atoms with Crippen LogP contribution in [0.15, 0.2) is 30.6 Å². The van der Waals surface area contributed by atoms with Crippen LogP contribution in [-0.2, 0) is 4.79 Å². The quantitative estimate of drug-likeness (QED) is 0.496. The van der Waals surface area contributed by atoms with Gasteiger partial charge in [0.2, 0.25) is 5.91 Å². The highest BCUT2D eigenvalue weighted by Crippen LogP contribution is 2.37. The second-order valence-corrected chi connectivity index (χ2v) is 12.2. The Kier molecular flexibility index (Phi) is 9.58. The highest BCUT2D eigenvalue weighted by atomic mass is 35.5. The lowest BCUT2D eigenvalue weighted by atomic mass is 9.78. The van der Waals surface area contributed by atoms with Crippen LogP contribution in [-0.4, -0.2) is 77.4 Å². The van der Waals surface area contributed by atoms with Crippen molar-refractivity contribution in [1.82, 2.24) is 25.1 Å². The lowest BCUT2D eigenvalue weighted by molar-refractivity contribution is -0.126. The molecule has 40 heavy (non-hydrogen) atoms. The van der Waals surface area contributed by atoms with Gasteiger partial charge in [-0.3, -0.25) is 9.59 Å². The lowest BCUT2D eigenvalue weighted by Crippen LogP contribution is -2.50. The van der Waals surface area contributed by atoms with Crippen molar-refractivity contribution < 1.29 is 9.59 Å². The number of carbonyl (C=O) groups excluding carboxylic acids is 2. The third kappa shape index (κ3) is 6.77. The normalized spacial score (nSPS) is 23.1. The predicted octanol–water partition coefficient (Wildman–Crippen LogP) is 4.89. The van der Waals surface area contributed by atoms with Crippen LogP contribution in [0, 0.1) is 18.8 Å². The first kappa shape index (κ1) is 28.8. The second-order valence-electron chi connectivity index (χ2n) is 11.8. The van der Waals surface area contributed by atoms with Crippen molar-refractivity contribution in [3.05, 3.63) is 52.4 Å². The zero-order valence-electron chi connectivity index (χ0n) is 23.9. The number of halogens is 1. The van der Waals surface area contributed by atoms with Gasteiger partial charge >= 0.3 is 0 Å². The molecular formula is C31H43ClN6O2. The van der Waals surface area contributed by atoms with Gasteiger partial charge in [-0.1, -0.05) is 30.2 Å². The number of nitrogens with zero attached hydrogens (tertiary/aromatic N) is 4. The summed E-state index contributed by atoms with van der Waals surface area (Å²) in [5.41, 5.74) is 2.71. The zero-order valence-corrected chi connectivity index (χ0v) is 24.6. The molecule has 1 aromatic carbocycles. The van der Waals surface area contributed by atoms with E-state index in [9.17, 15) is 9.59 Å². The monoisotopic (exact) mass is 566 g/mol. The molecule has 0 bridgehead atoms. The van der Waals surface area contributed by atoms with Gasteiger partial charge in [0.05, 0.1) is 0 Å². The van der Waals surface area contributed by atoms with E-state index in [4.69, 9.17) is 11.6 Å². The van der Waals surface area contributed by atoms with Crippen LogP contribution in [0.25, 0.3) is 0 Å². The highest BCUT2D eigenvalue weighted by molar-refractivity contribution is 6.30. The van der Waals surface area contributed by atoms with Gasteiger partial charge in [0, 0.05) is 49.2 Å². The number of rotatable bonds is 7. The molecule has 216 valence electrons. The predicted molar refractivity (Wildman–Crippen MR) is 159 cm³/mol. The number of piperidine rings is 2. The molecule has 2 aliphatic heterocycles. The number of amides is 2. The average molecular weight is 567 g/mol. The molecule has 8 nitrogen and oxygen atoms in total. The molecule has 3 heterocycles. The summed E-state index contributed by atoms with van der Waals surface area (Å²) < 4.78 is 0. The Hall–Kier alpha value is -2.71. The fraction of sp³-hybridized carbons (Fsp3) is 0.613. The van der Waals surface area contributed by atoms with Crippen LogP contribution >= 0.6 is 11.6 Å². The molecule has 0 spiro atoms. The van der Waals surface area contributed by atoms with Crippen molar-refractivity contribution in [3.63, 3.8) is 0 Å². The van der Waals surface area contributed by atoms with Crippen molar-refractivity contribution in [2.45, 2.75) is 70.3 Å². The Morgan fingerprint density at radius 2 is 1.70 bits per heavy atom. The van der Waals surface area contributed by atoms with E-state index < -0.39 is 0 Å². The summed E-state index contributed by atoms with van der Waals surface area (Å²) in [4.78, 5) is 38.8. The van der Waals surface area contributed by atoms with Crippen molar-refractivity contribution in [3.8, 4) is 0 Å². The molecule has 2 N–H and O–H groups in total. The van der Waals surface area contributed by atoms with Gasteiger partial charge in [-0.15, -0.1) is 0 Å². The molecule has 1 saturated carbocycles. The molecule has 2 unspecified atom stereocenters. The highest BCUT2D eigenvalue weighted by Gasteiger charge is 2.32. The van der Waals surface area contributed by atoms with Crippen LogP contribution < -0.4 is 10.6 Å². The number of anilines is 1. The van der Waals surface area contributed by atoms with Crippen LogP contribution in [0.4, 0.5) is 5.82 Å². The maximum atomic E-state index is 13.5. The molecule has 1 aliphatic carbocycles. The molecule has 2 aromatic rings. The van der Waals surface area contributed by atoms with Gasteiger partial charge < -0.3 is 20.4 Å². The van der Waals surface area contributed by atoms with Crippen molar-refractivity contribution in [1.29, 1.82) is 0 Å². The fourth-order valence-corrected chi connectivity index (χ4v) is 7.04. The number of hydrogen-bond donors (Lipinski definition) is 2. The minimum Gasteiger partial charge on any atom is -0.369 e. The maximum absolute atomic E-state index is 13.5. The minimum atomic E-state index is 0.000180. The van der Waals surface area contributed by atoms with Gasteiger partial charge in [0.25, 0.3) is 5.91 Å². The summed E-state index contributed by atoms with van der Waals surface area (Å²) in [7, 11) is 1.72. The molecule has 2 saturated heterocycles. The van der Waals surface area contributed by atoms with E-state index in [2.05, 4.69) is 37.6 Å². The summed E-state index contributed by atoms with van der Waals surface area (Å²) in [5.74, 6) is 2.18. The first-order chi connectivity index (χ1) is 19.4. The van der Waals surface area contributed by atoms with E-state index in [1.807, 2.05) is 24.0 Å². The summed E-state index contributed by atoms with van der Waals surface area (Å²) in [6, 6.07) is 8.77. The van der Waals surface area contributed by atoms with Crippen LogP contribution in [0.2, 0.25) is 5.02 Å². The van der Waals surface area contributed by atoms with E-state index in [0.29, 0.717) is 23.6 Å². The Balaban J connectivity index is 1.12. The van der Waals surface area contributed by atoms with Crippen LogP contribution in [0.3, 0.4) is 0 Å². The summed E-state index contributed by atoms with van der Waals surface area (Å²) in [6.45, 7) is 6.18. The topological polar surface area (TPSA) is 90.5 Å². The second kappa shape index (κ2) is 13.3. The molecule has 3 fully saturated rings. The third-order valence-electron chi connectivity index (χ3n) is 9.38. The first-order valence-corrected chi connectivity index (χ1v) is 15.4. The van der Waals surface area contributed by atoms with Crippen molar-refractivity contribution in [2.75, 3.05) is 45.1 Å². The van der Waals surface area contributed by atoms with Gasteiger partial charge in [0.1, 0.15) is 17.8 Å². The number of nitrogens with one attached hydrogen (secondary N) is 2. The SMILES string of the molecule is CNC(=O)C1CCN(C2CCN(C(=O)c3ncnc(NCC4CCCC(c5ccc(Cl)cc5)C4)c3C)CC2)CC1. The van der Waals surface area contributed by atoms with Crippen LogP contribution in [0.1, 0.15) is 78.9 Å². The Labute approximate surface area is 243 Å². The summed E-state index contributed by atoms with van der Waals surface area (Å²) in [6.07, 6.45) is 10.0. The molecule has 3 aliphatic rings. The molecule has 2 amide bonds. The molecule has 2 atom stereocenters. The van der Waals surface area contributed by atoms with E-state index in [1.165, 1.54) is 31.2 Å². The van der Waals surface area contributed by atoms with E-state index >= 15 is 0 Å². The fourth-order valence-electron chi connectivity index (χ4n) is 6.91. The summed E-state index contributed by atoms with van der Waals surface area (Å²) in [5, 5.41) is 7.12. The van der Waals surface area contributed by atoms with Crippen molar-refractivity contribution >= 4 is 29.2 Å². The number of aromatic nitrogens is 2. The molecule has 9 heteroatoms. The Morgan fingerprint density at radius 3 is 2.40 bits per heavy atom. The molecule has 1 aromatic heterocycles.